The largest absolute Gasteiger partial charge is 0.326 e. The highest BCUT2D eigenvalue weighted by Gasteiger charge is 2.24. The van der Waals surface area contributed by atoms with Crippen LogP contribution in [-0.2, 0) is 26.0 Å². The van der Waals surface area contributed by atoms with E-state index >= 15 is 0 Å². The van der Waals surface area contributed by atoms with E-state index < -0.39 is 10.0 Å². The van der Waals surface area contributed by atoms with Crippen molar-refractivity contribution >= 4 is 44.0 Å². The van der Waals surface area contributed by atoms with Gasteiger partial charge in [-0.15, -0.1) is 11.3 Å². The van der Waals surface area contributed by atoms with Crippen LogP contribution >= 0.6 is 11.3 Å². The fourth-order valence-corrected chi connectivity index (χ4v) is 4.48. The van der Waals surface area contributed by atoms with E-state index in [1.165, 1.54) is 37.6 Å². The molecule has 0 atom stereocenters. The van der Waals surface area contributed by atoms with Gasteiger partial charge in [0.1, 0.15) is 0 Å². The van der Waals surface area contributed by atoms with Crippen molar-refractivity contribution in [1.82, 2.24) is 9.29 Å². The van der Waals surface area contributed by atoms with Gasteiger partial charge in [-0.2, -0.15) is 0 Å². The molecular weight excluding hydrogens is 388 g/mol. The van der Waals surface area contributed by atoms with Gasteiger partial charge in [0, 0.05) is 38.1 Å². The van der Waals surface area contributed by atoms with Gasteiger partial charge in [-0.05, 0) is 24.6 Å². The third-order valence-corrected chi connectivity index (χ3v) is 6.81. The zero-order chi connectivity index (χ0) is 19.6. The van der Waals surface area contributed by atoms with Crippen molar-refractivity contribution < 1.29 is 18.0 Å². The van der Waals surface area contributed by atoms with E-state index in [9.17, 15) is 18.0 Å². The summed E-state index contributed by atoms with van der Waals surface area (Å²) in [5.74, 6) is -0.252. The number of aromatic nitrogens is 1. The van der Waals surface area contributed by atoms with E-state index in [0.717, 1.165) is 10.7 Å². The molecule has 0 spiro atoms. The number of sulfonamides is 1. The molecule has 1 saturated heterocycles. The van der Waals surface area contributed by atoms with E-state index in [2.05, 4.69) is 10.3 Å². The molecule has 1 fully saturated rings. The predicted octanol–water partition coefficient (Wildman–Crippen LogP) is 1.70. The van der Waals surface area contributed by atoms with Crippen LogP contribution in [0.4, 0.5) is 10.8 Å². The zero-order valence-corrected chi connectivity index (χ0v) is 16.6. The SMILES string of the molecule is CN(C)S(=O)(=O)c1cccc(NC(=O)Cc2csc(N3CCCC3=O)n2)c1. The molecule has 144 valence electrons. The Morgan fingerprint density at radius 2 is 2.15 bits per heavy atom. The van der Waals surface area contributed by atoms with Crippen molar-refractivity contribution in [1.29, 1.82) is 0 Å². The highest BCUT2D eigenvalue weighted by atomic mass is 32.2. The van der Waals surface area contributed by atoms with E-state index in [-0.39, 0.29) is 23.1 Å². The monoisotopic (exact) mass is 408 g/mol. The maximum absolute atomic E-state index is 12.3. The molecule has 1 N–H and O–H groups in total. The maximum Gasteiger partial charge on any atom is 0.242 e. The molecule has 3 rings (SSSR count). The molecular formula is C17H20N4O4S2. The Hall–Kier alpha value is -2.30. The molecule has 1 aromatic heterocycles. The standard InChI is InChI=1S/C17H20N4O4S2/c1-20(2)27(24,25)14-6-3-5-12(9-14)18-15(22)10-13-11-26-17(19-13)21-8-4-7-16(21)23/h3,5-6,9,11H,4,7-8,10H2,1-2H3,(H,18,22). The normalized spacial score (nSPS) is 14.8. The predicted molar refractivity (Wildman–Crippen MR) is 103 cm³/mol. The number of carbonyl (C=O) groups excluding carboxylic acids is 2. The van der Waals surface area contributed by atoms with Gasteiger partial charge in [0.15, 0.2) is 5.13 Å². The molecule has 1 aliphatic rings. The Bertz CT molecular complexity index is 969. The molecule has 2 amide bonds. The summed E-state index contributed by atoms with van der Waals surface area (Å²) in [7, 11) is -0.672. The van der Waals surface area contributed by atoms with Crippen LogP contribution in [-0.4, -0.2) is 50.2 Å². The van der Waals surface area contributed by atoms with Gasteiger partial charge in [-0.25, -0.2) is 17.7 Å². The summed E-state index contributed by atoms with van der Waals surface area (Å²) < 4.78 is 25.5. The van der Waals surface area contributed by atoms with E-state index in [1.54, 1.807) is 22.4 Å². The Kier molecular flexibility index (Phi) is 5.59. The molecule has 2 heterocycles. The smallest absolute Gasteiger partial charge is 0.242 e. The number of hydrogen-bond donors (Lipinski definition) is 1. The summed E-state index contributed by atoms with van der Waals surface area (Å²) in [5.41, 5.74) is 0.970. The van der Waals surface area contributed by atoms with Crippen LogP contribution in [0.3, 0.4) is 0 Å². The van der Waals surface area contributed by atoms with Crippen LogP contribution in [0, 0.1) is 0 Å². The van der Waals surface area contributed by atoms with E-state index in [1.807, 2.05) is 0 Å². The number of rotatable bonds is 6. The Balaban J connectivity index is 1.67. The number of thiazole rings is 1. The zero-order valence-electron chi connectivity index (χ0n) is 15.0. The average molecular weight is 409 g/mol. The molecule has 1 aromatic carbocycles. The molecule has 2 aromatic rings. The van der Waals surface area contributed by atoms with Crippen LogP contribution < -0.4 is 10.2 Å². The third kappa shape index (κ3) is 4.34. The number of nitrogens with zero attached hydrogens (tertiary/aromatic N) is 3. The number of amides is 2. The summed E-state index contributed by atoms with van der Waals surface area (Å²) in [6.45, 7) is 0.658. The molecule has 0 saturated carbocycles. The number of carbonyl (C=O) groups is 2. The van der Waals surface area contributed by atoms with Gasteiger partial charge in [0.25, 0.3) is 0 Å². The minimum absolute atomic E-state index is 0.0448. The molecule has 0 aliphatic carbocycles. The van der Waals surface area contributed by atoms with Gasteiger partial charge in [0.2, 0.25) is 21.8 Å². The van der Waals surface area contributed by atoms with Crippen molar-refractivity contribution in [2.75, 3.05) is 30.9 Å². The first-order valence-electron chi connectivity index (χ1n) is 8.34. The quantitative estimate of drug-likeness (QED) is 0.784. The maximum atomic E-state index is 12.3. The summed E-state index contributed by atoms with van der Waals surface area (Å²) in [4.78, 5) is 30.2. The average Bonchev–Trinajstić information content (AvgIpc) is 3.23. The summed E-state index contributed by atoms with van der Waals surface area (Å²) >= 11 is 1.34. The minimum atomic E-state index is -3.57. The number of anilines is 2. The third-order valence-electron chi connectivity index (χ3n) is 4.08. The lowest BCUT2D eigenvalue weighted by atomic mass is 10.3. The van der Waals surface area contributed by atoms with E-state index in [0.29, 0.717) is 29.5 Å². The van der Waals surface area contributed by atoms with Crippen molar-refractivity contribution in [2.45, 2.75) is 24.2 Å². The lowest BCUT2D eigenvalue weighted by molar-refractivity contribution is -0.117. The lowest BCUT2D eigenvalue weighted by Gasteiger charge is -2.12. The van der Waals surface area contributed by atoms with Crippen molar-refractivity contribution in [2.24, 2.45) is 0 Å². The summed E-state index contributed by atoms with van der Waals surface area (Å²) in [6.07, 6.45) is 1.39. The van der Waals surface area contributed by atoms with Gasteiger partial charge in [-0.1, -0.05) is 6.07 Å². The fraction of sp³-hybridized carbons (Fsp3) is 0.353. The first-order valence-corrected chi connectivity index (χ1v) is 10.7. The molecule has 0 bridgehead atoms. The molecule has 0 unspecified atom stereocenters. The Morgan fingerprint density at radius 3 is 2.81 bits per heavy atom. The van der Waals surface area contributed by atoms with Crippen molar-refractivity contribution in [3.63, 3.8) is 0 Å². The lowest BCUT2D eigenvalue weighted by Crippen LogP contribution is -2.23. The van der Waals surface area contributed by atoms with Crippen LogP contribution in [0.15, 0.2) is 34.5 Å². The highest BCUT2D eigenvalue weighted by molar-refractivity contribution is 7.89. The minimum Gasteiger partial charge on any atom is -0.326 e. The number of hydrogen-bond acceptors (Lipinski definition) is 6. The van der Waals surface area contributed by atoms with Gasteiger partial charge in [-0.3, -0.25) is 14.5 Å². The van der Waals surface area contributed by atoms with Gasteiger partial charge < -0.3 is 5.32 Å². The van der Waals surface area contributed by atoms with Crippen LogP contribution in [0.2, 0.25) is 0 Å². The second kappa shape index (κ2) is 7.75. The summed E-state index contributed by atoms with van der Waals surface area (Å²) in [5, 5.41) is 5.06. The fourth-order valence-electron chi connectivity index (χ4n) is 2.67. The first-order chi connectivity index (χ1) is 12.8. The first kappa shape index (κ1) is 19.5. The number of benzene rings is 1. The van der Waals surface area contributed by atoms with Gasteiger partial charge in [0.05, 0.1) is 17.0 Å². The summed E-state index contributed by atoms with van der Waals surface area (Å²) in [6, 6.07) is 6.10. The molecule has 10 heteroatoms. The molecule has 1 aliphatic heterocycles. The van der Waals surface area contributed by atoms with Crippen molar-refractivity contribution in [3.8, 4) is 0 Å². The number of nitrogens with one attached hydrogen (secondary N) is 1. The topological polar surface area (TPSA) is 99.7 Å². The van der Waals surface area contributed by atoms with Crippen LogP contribution in [0.5, 0.6) is 0 Å². The molecule has 0 radical (unpaired) electrons. The Labute approximate surface area is 161 Å². The van der Waals surface area contributed by atoms with Gasteiger partial charge >= 0.3 is 0 Å². The Morgan fingerprint density at radius 1 is 1.37 bits per heavy atom. The van der Waals surface area contributed by atoms with Crippen molar-refractivity contribution in [3.05, 3.63) is 35.3 Å². The second-order valence-corrected chi connectivity index (χ2v) is 9.30. The molecule has 8 nitrogen and oxygen atoms in total. The highest BCUT2D eigenvalue weighted by Crippen LogP contribution is 2.25. The second-order valence-electron chi connectivity index (χ2n) is 6.31. The van der Waals surface area contributed by atoms with Crippen LogP contribution in [0.1, 0.15) is 18.5 Å². The van der Waals surface area contributed by atoms with E-state index in [4.69, 9.17) is 0 Å². The molecule has 27 heavy (non-hydrogen) atoms. The van der Waals surface area contributed by atoms with Crippen LogP contribution in [0.25, 0.3) is 0 Å².